The van der Waals surface area contributed by atoms with Gasteiger partial charge in [-0.3, -0.25) is 4.79 Å². The van der Waals surface area contributed by atoms with E-state index in [9.17, 15) is 13.6 Å². The quantitative estimate of drug-likeness (QED) is 0.759. The number of methoxy groups -OCH3 is 1. The Balaban J connectivity index is 0.00000112. The molecule has 0 aromatic heterocycles. The maximum Gasteiger partial charge on any atom is 0.323 e. The van der Waals surface area contributed by atoms with Crippen LogP contribution in [0.15, 0.2) is 0 Å². The average Bonchev–Trinajstić information content (AvgIpc) is 1.96. The van der Waals surface area contributed by atoms with E-state index in [1.54, 1.807) is 0 Å². The third-order valence-electron chi connectivity index (χ3n) is 3.69. The van der Waals surface area contributed by atoms with Crippen LogP contribution in [-0.2, 0) is 9.53 Å². The normalized spacial score (nSPS) is 38.5. The van der Waals surface area contributed by atoms with Crippen molar-refractivity contribution in [2.24, 2.45) is 16.6 Å². The SMILES string of the molecule is COC(=O)[C@@H](N)C12CC(C(F)F)(C1)C2.Cl. The molecule has 0 aromatic rings. The van der Waals surface area contributed by atoms with Crippen LogP contribution in [0.4, 0.5) is 8.78 Å². The molecule has 3 nitrogen and oxygen atoms in total. The van der Waals surface area contributed by atoms with Gasteiger partial charge in [0.2, 0.25) is 6.43 Å². The molecule has 2 bridgehead atoms. The van der Waals surface area contributed by atoms with E-state index < -0.39 is 23.9 Å². The highest BCUT2D eigenvalue weighted by molar-refractivity contribution is 5.85. The first-order valence-corrected chi connectivity index (χ1v) is 4.57. The van der Waals surface area contributed by atoms with Gasteiger partial charge in [0.15, 0.2) is 0 Å². The number of esters is 1. The standard InChI is InChI=1S/C9H13F2NO2.ClH/c1-14-6(13)5(12)8-2-9(3-8,4-8)7(10)11;/h5,7H,2-4,12H2,1H3;1H/t5-,8?,9?;/m1./s1. The molecular formula is C9H14ClF2NO2. The smallest absolute Gasteiger partial charge is 0.323 e. The second-order valence-electron chi connectivity index (χ2n) is 4.56. The number of hydrogen-bond donors (Lipinski definition) is 1. The molecule has 0 radical (unpaired) electrons. The minimum atomic E-state index is -2.28. The molecule has 3 fully saturated rings. The highest BCUT2D eigenvalue weighted by atomic mass is 35.5. The van der Waals surface area contributed by atoms with Crippen molar-refractivity contribution in [3.63, 3.8) is 0 Å². The molecule has 0 aromatic carbocycles. The predicted molar refractivity (Wildman–Crippen MR) is 52.0 cm³/mol. The summed E-state index contributed by atoms with van der Waals surface area (Å²) in [5, 5.41) is 0. The molecule has 2 N–H and O–H groups in total. The van der Waals surface area contributed by atoms with E-state index in [0.29, 0.717) is 19.3 Å². The lowest BCUT2D eigenvalue weighted by molar-refractivity contribution is -0.274. The van der Waals surface area contributed by atoms with E-state index in [4.69, 9.17) is 5.73 Å². The van der Waals surface area contributed by atoms with E-state index in [-0.39, 0.29) is 17.8 Å². The highest BCUT2D eigenvalue weighted by Crippen LogP contribution is 2.76. The van der Waals surface area contributed by atoms with Crippen LogP contribution in [0.25, 0.3) is 0 Å². The zero-order valence-corrected chi connectivity index (χ0v) is 9.15. The van der Waals surface area contributed by atoms with Crippen molar-refractivity contribution in [2.75, 3.05) is 7.11 Å². The molecule has 3 rings (SSSR count). The molecule has 3 aliphatic carbocycles. The molecule has 3 aliphatic rings. The molecule has 0 amide bonds. The molecule has 0 spiro atoms. The molecule has 1 atom stereocenters. The first kappa shape index (κ1) is 12.6. The topological polar surface area (TPSA) is 52.3 Å². The largest absolute Gasteiger partial charge is 0.468 e. The number of hydrogen-bond acceptors (Lipinski definition) is 3. The predicted octanol–water partition coefficient (Wildman–Crippen LogP) is 1.34. The van der Waals surface area contributed by atoms with Crippen LogP contribution in [0.2, 0.25) is 0 Å². The second kappa shape index (κ2) is 3.56. The third kappa shape index (κ3) is 1.44. The Kier molecular flexibility index (Phi) is 3.00. The van der Waals surface area contributed by atoms with Crippen molar-refractivity contribution < 1.29 is 18.3 Å². The van der Waals surface area contributed by atoms with Gasteiger partial charge in [-0.05, 0) is 24.7 Å². The van der Waals surface area contributed by atoms with E-state index in [0.717, 1.165) is 0 Å². The fraction of sp³-hybridized carbons (Fsp3) is 0.889. The van der Waals surface area contributed by atoms with E-state index >= 15 is 0 Å². The van der Waals surface area contributed by atoms with Gasteiger partial charge in [0.05, 0.1) is 7.11 Å². The number of nitrogens with two attached hydrogens (primary N) is 1. The van der Waals surface area contributed by atoms with Gasteiger partial charge in [-0.25, -0.2) is 8.78 Å². The summed E-state index contributed by atoms with van der Waals surface area (Å²) in [6, 6.07) is -0.729. The average molecular weight is 242 g/mol. The maximum atomic E-state index is 12.5. The molecule has 0 unspecified atom stereocenters. The van der Waals surface area contributed by atoms with Crippen LogP contribution in [0.3, 0.4) is 0 Å². The van der Waals surface area contributed by atoms with Gasteiger partial charge in [0.1, 0.15) is 6.04 Å². The van der Waals surface area contributed by atoms with Crippen LogP contribution in [-0.4, -0.2) is 25.5 Å². The number of rotatable bonds is 3. The van der Waals surface area contributed by atoms with Crippen LogP contribution in [0.1, 0.15) is 19.3 Å². The summed E-state index contributed by atoms with van der Waals surface area (Å²) in [4.78, 5) is 11.1. The van der Waals surface area contributed by atoms with E-state index in [1.165, 1.54) is 7.11 Å². The van der Waals surface area contributed by atoms with Gasteiger partial charge >= 0.3 is 5.97 Å². The van der Waals surface area contributed by atoms with Crippen molar-refractivity contribution in [1.82, 2.24) is 0 Å². The zero-order valence-electron chi connectivity index (χ0n) is 8.33. The van der Waals surface area contributed by atoms with Crippen molar-refractivity contribution in [2.45, 2.75) is 31.7 Å². The molecule has 6 heteroatoms. The Bertz CT molecular complexity index is 266. The number of carbonyl (C=O) groups excluding carboxylic acids is 1. The number of carbonyl (C=O) groups is 1. The molecule has 88 valence electrons. The van der Waals surface area contributed by atoms with Gasteiger partial charge in [-0.15, -0.1) is 12.4 Å². The van der Waals surface area contributed by atoms with Crippen LogP contribution in [0.5, 0.6) is 0 Å². The van der Waals surface area contributed by atoms with Gasteiger partial charge in [0.25, 0.3) is 0 Å². The maximum absolute atomic E-state index is 12.5. The minimum Gasteiger partial charge on any atom is -0.468 e. The third-order valence-corrected chi connectivity index (χ3v) is 3.69. The Morgan fingerprint density at radius 1 is 1.33 bits per heavy atom. The monoisotopic (exact) mass is 241 g/mol. The Hall–Kier alpha value is -0.420. The number of ether oxygens (including phenoxy) is 1. The lowest BCUT2D eigenvalue weighted by Crippen LogP contribution is -2.72. The molecule has 3 saturated carbocycles. The van der Waals surface area contributed by atoms with Crippen LogP contribution in [0, 0.1) is 10.8 Å². The highest BCUT2D eigenvalue weighted by Gasteiger charge is 2.74. The minimum absolute atomic E-state index is 0. The zero-order chi connectivity index (χ0) is 10.6. The van der Waals surface area contributed by atoms with Crippen molar-refractivity contribution in [1.29, 1.82) is 0 Å². The van der Waals surface area contributed by atoms with Crippen molar-refractivity contribution in [3.8, 4) is 0 Å². The number of alkyl halides is 2. The van der Waals surface area contributed by atoms with E-state index in [1.807, 2.05) is 0 Å². The summed E-state index contributed by atoms with van der Waals surface area (Å²) in [6.07, 6.45) is -1.18. The number of halogens is 3. The molecule has 15 heavy (non-hydrogen) atoms. The molecular weight excluding hydrogens is 228 g/mol. The van der Waals surface area contributed by atoms with E-state index in [2.05, 4.69) is 4.74 Å². The van der Waals surface area contributed by atoms with Crippen molar-refractivity contribution in [3.05, 3.63) is 0 Å². The lowest BCUT2D eigenvalue weighted by atomic mass is 9.33. The summed E-state index contributed by atoms with van der Waals surface area (Å²) < 4.78 is 29.4. The first-order valence-electron chi connectivity index (χ1n) is 4.57. The van der Waals surface area contributed by atoms with Gasteiger partial charge in [-0.1, -0.05) is 0 Å². The summed E-state index contributed by atoms with van der Waals surface area (Å²) >= 11 is 0. The summed E-state index contributed by atoms with van der Waals surface area (Å²) in [7, 11) is 1.26. The Labute approximate surface area is 92.7 Å². The van der Waals surface area contributed by atoms with Crippen molar-refractivity contribution >= 4 is 18.4 Å². The lowest BCUT2D eigenvalue weighted by Gasteiger charge is -2.71. The molecule has 0 heterocycles. The summed E-state index contributed by atoms with van der Waals surface area (Å²) in [5.41, 5.74) is 4.43. The van der Waals surface area contributed by atoms with Gasteiger partial charge in [0, 0.05) is 5.41 Å². The molecule has 0 saturated heterocycles. The van der Waals surface area contributed by atoms with Crippen LogP contribution >= 0.6 is 12.4 Å². The second-order valence-corrected chi connectivity index (χ2v) is 4.56. The fourth-order valence-corrected chi connectivity index (χ4v) is 2.89. The van der Waals surface area contributed by atoms with Crippen LogP contribution < -0.4 is 5.73 Å². The Morgan fingerprint density at radius 2 is 1.80 bits per heavy atom. The summed E-state index contributed by atoms with van der Waals surface area (Å²) in [6.45, 7) is 0. The van der Waals surface area contributed by atoms with Gasteiger partial charge < -0.3 is 10.5 Å². The Morgan fingerprint density at radius 3 is 2.13 bits per heavy atom. The summed E-state index contributed by atoms with van der Waals surface area (Å²) in [5.74, 6) is -0.493. The van der Waals surface area contributed by atoms with Gasteiger partial charge in [-0.2, -0.15) is 0 Å². The first-order chi connectivity index (χ1) is 6.46. The fourth-order valence-electron chi connectivity index (χ4n) is 2.89. The molecule has 0 aliphatic heterocycles.